The second-order valence-corrected chi connectivity index (χ2v) is 4.42. The van der Waals surface area contributed by atoms with E-state index < -0.39 is 27.8 Å². The number of nitro groups is 1. The maximum absolute atomic E-state index is 13.1. The third kappa shape index (κ3) is 2.25. The van der Waals surface area contributed by atoms with E-state index in [0.717, 1.165) is 24.6 Å². The third-order valence-electron chi connectivity index (χ3n) is 3.26. The number of nitro benzene ring substituents is 1. The number of anilines is 1. The van der Waals surface area contributed by atoms with Crippen LogP contribution in [0.3, 0.4) is 0 Å². The molecule has 1 fully saturated rings. The van der Waals surface area contributed by atoms with E-state index in [9.17, 15) is 19.3 Å². The minimum Gasteiger partial charge on any atom is -0.319 e. The van der Waals surface area contributed by atoms with Gasteiger partial charge in [-0.05, 0) is 25.3 Å². The standard InChI is InChI=1S/C12H10FN3O3/c13-8-2-3-10(16(18)19)9(6-8)15-11(17)12(7-14)4-1-5-12/h2-3,6H,1,4-5H2,(H,15,17). The van der Waals surface area contributed by atoms with Gasteiger partial charge in [-0.1, -0.05) is 0 Å². The van der Waals surface area contributed by atoms with Gasteiger partial charge >= 0.3 is 0 Å². The summed E-state index contributed by atoms with van der Waals surface area (Å²) in [6, 6.07) is 4.72. The van der Waals surface area contributed by atoms with Gasteiger partial charge in [-0.2, -0.15) is 5.26 Å². The lowest BCUT2D eigenvalue weighted by Crippen LogP contribution is -2.40. The first-order valence-corrected chi connectivity index (χ1v) is 5.65. The quantitative estimate of drug-likeness (QED) is 0.668. The summed E-state index contributed by atoms with van der Waals surface area (Å²) in [6.07, 6.45) is 1.59. The number of benzene rings is 1. The molecular weight excluding hydrogens is 253 g/mol. The van der Waals surface area contributed by atoms with Crippen LogP contribution in [0.25, 0.3) is 0 Å². The summed E-state index contributed by atoms with van der Waals surface area (Å²) in [6.45, 7) is 0. The normalized spacial score (nSPS) is 16.0. The van der Waals surface area contributed by atoms with Gasteiger partial charge in [-0.3, -0.25) is 14.9 Å². The number of nitrogens with zero attached hydrogens (tertiary/aromatic N) is 2. The molecule has 2 rings (SSSR count). The minimum absolute atomic E-state index is 0.225. The van der Waals surface area contributed by atoms with E-state index in [1.165, 1.54) is 0 Å². The van der Waals surface area contributed by atoms with Crippen molar-refractivity contribution in [2.45, 2.75) is 19.3 Å². The van der Waals surface area contributed by atoms with Crippen molar-refractivity contribution in [3.05, 3.63) is 34.1 Å². The molecule has 0 heterocycles. The molecule has 1 aliphatic carbocycles. The molecule has 1 saturated carbocycles. The Morgan fingerprint density at radius 1 is 1.53 bits per heavy atom. The fraction of sp³-hybridized carbons (Fsp3) is 0.333. The predicted octanol–water partition coefficient (Wildman–Crippen LogP) is 2.37. The lowest BCUT2D eigenvalue weighted by atomic mass is 9.69. The van der Waals surface area contributed by atoms with Gasteiger partial charge in [0.2, 0.25) is 5.91 Å². The second kappa shape index (κ2) is 4.65. The lowest BCUT2D eigenvalue weighted by molar-refractivity contribution is -0.384. The zero-order valence-electron chi connectivity index (χ0n) is 9.85. The zero-order valence-corrected chi connectivity index (χ0v) is 9.85. The number of amides is 1. The first-order valence-electron chi connectivity index (χ1n) is 5.65. The summed E-state index contributed by atoms with van der Waals surface area (Å²) < 4.78 is 13.1. The van der Waals surface area contributed by atoms with E-state index in [4.69, 9.17) is 5.26 Å². The van der Waals surface area contributed by atoms with Crippen LogP contribution >= 0.6 is 0 Å². The topological polar surface area (TPSA) is 96.0 Å². The molecule has 0 unspecified atom stereocenters. The summed E-state index contributed by atoms with van der Waals surface area (Å²) >= 11 is 0. The van der Waals surface area contributed by atoms with Gasteiger partial charge in [0.25, 0.3) is 5.69 Å². The number of hydrogen-bond donors (Lipinski definition) is 1. The Hall–Kier alpha value is -2.49. The first-order chi connectivity index (χ1) is 8.98. The Bertz CT molecular complexity index is 590. The van der Waals surface area contributed by atoms with Crippen molar-refractivity contribution in [2.24, 2.45) is 5.41 Å². The van der Waals surface area contributed by atoms with Crippen LogP contribution in [0.1, 0.15) is 19.3 Å². The summed E-state index contributed by atoms with van der Waals surface area (Å²) in [5.41, 5.74) is -1.76. The SMILES string of the molecule is N#CC1(C(=O)Nc2cc(F)ccc2[N+](=O)[O-])CCC1. The fourth-order valence-corrected chi connectivity index (χ4v) is 1.93. The smallest absolute Gasteiger partial charge is 0.292 e. The van der Waals surface area contributed by atoms with Crippen molar-refractivity contribution in [3.8, 4) is 6.07 Å². The molecule has 0 aromatic heterocycles. The Kier molecular flexibility index (Phi) is 3.17. The van der Waals surface area contributed by atoms with E-state index in [-0.39, 0.29) is 5.69 Å². The highest BCUT2D eigenvalue weighted by molar-refractivity contribution is 5.99. The molecule has 0 radical (unpaired) electrons. The molecule has 0 spiro atoms. The van der Waals surface area contributed by atoms with Gasteiger partial charge < -0.3 is 5.32 Å². The van der Waals surface area contributed by atoms with Crippen LogP contribution in [0.5, 0.6) is 0 Å². The van der Waals surface area contributed by atoms with Crippen molar-refractivity contribution in [1.82, 2.24) is 0 Å². The van der Waals surface area contributed by atoms with Crippen LogP contribution in [-0.4, -0.2) is 10.8 Å². The van der Waals surface area contributed by atoms with E-state index in [2.05, 4.69) is 5.32 Å². The number of carbonyl (C=O) groups is 1. The van der Waals surface area contributed by atoms with Crippen molar-refractivity contribution in [2.75, 3.05) is 5.32 Å². The maximum atomic E-state index is 13.1. The summed E-state index contributed by atoms with van der Waals surface area (Å²) in [5, 5.41) is 22.1. The van der Waals surface area contributed by atoms with Gasteiger partial charge in [0.05, 0.1) is 11.0 Å². The van der Waals surface area contributed by atoms with Crippen LogP contribution in [0, 0.1) is 32.7 Å². The third-order valence-corrected chi connectivity index (χ3v) is 3.26. The number of nitrogens with one attached hydrogen (secondary N) is 1. The van der Waals surface area contributed by atoms with E-state index in [1.54, 1.807) is 0 Å². The molecule has 0 atom stereocenters. The zero-order chi connectivity index (χ0) is 14.0. The van der Waals surface area contributed by atoms with Gasteiger partial charge in [0.15, 0.2) is 0 Å². The van der Waals surface area contributed by atoms with Gasteiger partial charge in [-0.15, -0.1) is 0 Å². The van der Waals surface area contributed by atoms with Crippen molar-refractivity contribution < 1.29 is 14.1 Å². The number of halogens is 1. The highest BCUT2D eigenvalue weighted by Gasteiger charge is 2.45. The summed E-state index contributed by atoms with van der Waals surface area (Å²) in [5.74, 6) is -1.31. The molecule has 1 N–H and O–H groups in total. The number of rotatable bonds is 3. The van der Waals surface area contributed by atoms with Crippen LogP contribution in [0.2, 0.25) is 0 Å². The molecule has 6 nitrogen and oxygen atoms in total. The van der Waals surface area contributed by atoms with Crippen LogP contribution in [-0.2, 0) is 4.79 Å². The van der Waals surface area contributed by atoms with E-state index in [1.807, 2.05) is 6.07 Å². The number of hydrogen-bond acceptors (Lipinski definition) is 4. The number of carbonyl (C=O) groups excluding carboxylic acids is 1. The fourth-order valence-electron chi connectivity index (χ4n) is 1.93. The predicted molar refractivity (Wildman–Crippen MR) is 63.6 cm³/mol. The molecule has 1 aliphatic rings. The van der Waals surface area contributed by atoms with Crippen LogP contribution < -0.4 is 5.32 Å². The molecule has 1 aromatic rings. The largest absolute Gasteiger partial charge is 0.319 e. The van der Waals surface area contributed by atoms with Crippen LogP contribution in [0.4, 0.5) is 15.8 Å². The monoisotopic (exact) mass is 263 g/mol. The molecule has 7 heteroatoms. The lowest BCUT2D eigenvalue weighted by Gasteiger charge is -2.33. The highest BCUT2D eigenvalue weighted by Crippen LogP contribution is 2.41. The molecule has 1 aromatic carbocycles. The molecule has 0 bridgehead atoms. The van der Waals surface area contributed by atoms with E-state index in [0.29, 0.717) is 12.8 Å². The van der Waals surface area contributed by atoms with Crippen molar-refractivity contribution in [3.63, 3.8) is 0 Å². The molecule has 0 aliphatic heterocycles. The van der Waals surface area contributed by atoms with Gasteiger partial charge in [0, 0.05) is 12.1 Å². The Labute approximate surface area is 108 Å². The Balaban J connectivity index is 2.28. The molecule has 19 heavy (non-hydrogen) atoms. The Morgan fingerprint density at radius 2 is 2.21 bits per heavy atom. The first kappa shape index (κ1) is 13.0. The number of nitriles is 1. The van der Waals surface area contributed by atoms with Crippen molar-refractivity contribution >= 4 is 17.3 Å². The minimum atomic E-state index is -1.14. The van der Waals surface area contributed by atoms with Gasteiger partial charge in [0.1, 0.15) is 16.9 Å². The average molecular weight is 263 g/mol. The highest BCUT2D eigenvalue weighted by atomic mass is 19.1. The molecular formula is C12H10FN3O3. The summed E-state index contributed by atoms with van der Waals surface area (Å²) in [7, 11) is 0. The Morgan fingerprint density at radius 3 is 2.68 bits per heavy atom. The maximum Gasteiger partial charge on any atom is 0.292 e. The summed E-state index contributed by atoms with van der Waals surface area (Å²) in [4.78, 5) is 22.0. The molecule has 1 amide bonds. The van der Waals surface area contributed by atoms with Crippen LogP contribution in [0.15, 0.2) is 18.2 Å². The van der Waals surface area contributed by atoms with Crippen molar-refractivity contribution in [1.29, 1.82) is 5.26 Å². The molecule has 0 saturated heterocycles. The van der Waals surface area contributed by atoms with Gasteiger partial charge in [-0.25, -0.2) is 4.39 Å². The average Bonchev–Trinajstić information content (AvgIpc) is 2.27. The molecule has 98 valence electrons. The van der Waals surface area contributed by atoms with E-state index >= 15 is 0 Å². The second-order valence-electron chi connectivity index (χ2n) is 4.42.